The van der Waals surface area contributed by atoms with E-state index in [2.05, 4.69) is 6.92 Å². The van der Waals surface area contributed by atoms with Gasteiger partial charge in [-0.3, -0.25) is 4.90 Å². The third-order valence-corrected chi connectivity index (χ3v) is 3.94. The van der Waals surface area contributed by atoms with Crippen LogP contribution >= 0.6 is 0 Å². The highest BCUT2D eigenvalue weighted by molar-refractivity contribution is 4.93. The summed E-state index contributed by atoms with van der Waals surface area (Å²) in [5.74, 6) is 0. The van der Waals surface area contributed by atoms with Crippen molar-refractivity contribution in [3.05, 3.63) is 0 Å². The Morgan fingerprint density at radius 1 is 1.16 bits per heavy atom. The predicted molar refractivity (Wildman–Crippen MR) is 73.7 cm³/mol. The summed E-state index contributed by atoms with van der Waals surface area (Å²) in [4.78, 5) is 1.97. The molecule has 0 aromatic heterocycles. The molecule has 1 aliphatic heterocycles. The Labute approximate surface area is 116 Å². The van der Waals surface area contributed by atoms with E-state index in [-0.39, 0.29) is 12.3 Å². The zero-order valence-corrected chi connectivity index (χ0v) is 12.3. The number of aliphatic hydroxyl groups excluding tert-OH is 3. The first kappa shape index (κ1) is 16.9. The zero-order chi connectivity index (χ0) is 14.4. The van der Waals surface area contributed by atoms with Crippen molar-refractivity contribution >= 4 is 0 Å². The van der Waals surface area contributed by atoms with Crippen molar-refractivity contribution in [1.82, 2.24) is 4.90 Å². The topological polar surface area (TPSA) is 73.2 Å². The van der Waals surface area contributed by atoms with E-state index in [0.717, 1.165) is 25.7 Å². The fourth-order valence-electron chi connectivity index (χ4n) is 2.69. The number of piperidine rings is 1. The molecule has 0 aromatic carbocycles. The van der Waals surface area contributed by atoms with Crippen LogP contribution < -0.4 is 0 Å². The van der Waals surface area contributed by atoms with Crippen molar-refractivity contribution in [3.63, 3.8) is 0 Å². The Hall–Kier alpha value is -0.200. The molecule has 5 heteroatoms. The van der Waals surface area contributed by atoms with E-state index < -0.39 is 18.3 Å². The van der Waals surface area contributed by atoms with E-state index in [1.54, 1.807) is 0 Å². The third kappa shape index (κ3) is 4.39. The lowest BCUT2D eigenvalue weighted by atomic mass is 9.94. The number of rotatable bonds is 7. The summed E-state index contributed by atoms with van der Waals surface area (Å²) in [7, 11) is 0. The van der Waals surface area contributed by atoms with Crippen LogP contribution in [0.2, 0.25) is 0 Å². The lowest BCUT2D eigenvalue weighted by Crippen LogP contribution is -2.63. The van der Waals surface area contributed by atoms with Crippen LogP contribution in [-0.4, -0.2) is 64.0 Å². The van der Waals surface area contributed by atoms with E-state index >= 15 is 0 Å². The quantitative estimate of drug-likeness (QED) is 0.597. The summed E-state index contributed by atoms with van der Waals surface area (Å²) in [6.45, 7) is 6.92. The van der Waals surface area contributed by atoms with Gasteiger partial charge in [0.1, 0.15) is 12.3 Å². The minimum Gasteiger partial charge on any atom is -0.389 e. The molecule has 0 spiro atoms. The molecule has 0 radical (unpaired) electrons. The molecule has 1 saturated heterocycles. The van der Waals surface area contributed by atoms with Crippen molar-refractivity contribution in [2.75, 3.05) is 13.2 Å². The molecule has 1 aliphatic rings. The van der Waals surface area contributed by atoms with Crippen molar-refractivity contribution < 1.29 is 20.1 Å². The van der Waals surface area contributed by atoms with Gasteiger partial charge in [-0.2, -0.15) is 0 Å². The summed E-state index contributed by atoms with van der Waals surface area (Å²) >= 11 is 0. The number of aliphatic hydroxyl groups is 3. The summed E-state index contributed by atoms with van der Waals surface area (Å²) in [6.07, 6.45) is 1.25. The van der Waals surface area contributed by atoms with Gasteiger partial charge in [-0.25, -0.2) is 0 Å². The molecule has 1 fully saturated rings. The molecule has 1 rings (SSSR count). The summed E-state index contributed by atoms with van der Waals surface area (Å²) in [5, 5.41) is 29.5. The molecule has 1 heterocycles. The summed E-state index contributed by atoms with van der Waals surface area (Å²) < 4.78 is 5.75. The van der Waals surface area contributed by atoms with Crippen LogP contribution in [-0.2, 0) is 4.74 Å². The van der Waals surface area contributed by atoms with Gasteiger partial charge < -0.3 is 20.1 Å². The highest BCUT2D eigenvalue weighted by Crippen LogP contribution is 2.24. The second kappa shape index (κ2) is 8.17. The SMILES string of the molecule is CCCCCC(OCC)N1C[C@H](O)[C@@H](O)[C@@H](O)[C@H]1C. The van der Waals surface area contributed by atoms with E-state index in [4.69, 9.17) is 4.74 Å². The Morgan fingerprint density at radius 3 is 2.42 bits per heavy atom. The van der Waals surface area contributed by atoms with Crippen LogP contribution in [0.3, 0.4) is 0 Å². The van der Waals surface area contributed by atoms with Crippen LogP contribution in [0, 0.1) is 0 Å². The normalized spacial score (nSPS) is 34.4. The van der Waals surface area contributed by atoms with Crippen molar-refractivity contribution in [3.8, 4) is 0 Å². The van der Waals surface area contributed by atoms with Crippen molar-refractivity contribution in [2.24, 2.45) is 0 Å². The van der Waals surface area contributed by atoms with Crippen LogP contribution in [0.5, 0.6) is 0 Å². The van der Waals surface area contributed by atoms with Gasteiger partial charge in [0.2, 0.25) is 0 Å². The second-order valence-electron chi connectivity index (χ2n) is 5.39. The van der Waals surface area contributed by atoms with Crippen molar-refractivity contribution in [1.29, 1.82) is 0 Å². The Kier molecular flexibility index (Phi) is 7.25. The first-order valence-corrected chi connectivity index (χ1v) is 7.44. The number of β-amino-alcohol motifs (C(OH)–C–C–N with tert-alkyl or cyclic N) is 1. The molecule has 1 unspecified atom stereocenters. The Balaban J connectivity index is 2.65. The standard InChI is InChI=1S/C14H29NO4/c1-4-6-7-8-12(19-5-2)15-9-11(16)14(18)13(17)10(15)3/h10-14,16-18H,4-9H2,1-3H3/t10-,11+,12?,13+,14-/m1/s1. The van der Waals surface area contributed by atoms with E-state index in [1.165, 1.54) is 0 Å². The minimum atomic E-state index is -1.07. The largest absolute Gasteiger partial charge is 0.389 e. The van der Waals surface area contributed by atoms with Gasteiger partial charge in [0, 0.05) is 19.2 Å². The fourth-order valence-corrected chi connectivity index (χ4v) is 2.69. The molecular formula is C14H29NO4. The highest BCUT2D eigenvalue weighted by atomic mass is 16.5. The number of likely N-dealkylation sites (tertiary alicyclic amines) is 1. The molecule has 5 nitrogen and oxygen atoms in total. The van der Waals surface area contributed by atoms with E-state index in [0.29, 0.717) is 13.2 Å². The second-order valence-corrected chi connectivity index (χ2v) is 5.39. The summed E-state index contributed by atoms with van der Waals surface area (Å²) in [5.41, 5.74) is 0. The molecule has 114 valence electrons. The van der Waals surface area contributed by atoms with Gasteiger partial charge in [0.05, 0.1) is 12.2 Å². The number of hydrogen-bond acceptors (Lipinski definition) is 5. The van der Waals surface area contributed by atoms with Crippen LogP contribution in [0.15, 0.2) is 0 Å². The first-order chi connectivity index (χ1) is 9.02. The number of nitrogens with zero attached hydrogens (tertiary/aromatic N) is 1. The Morgan fingerprint density at radius 2 is 1.84 bits per heavy atom. The molecule has 0 amide bonds. The molecule has 0 saturated carbocycles. The predicted octanol–water partition coefficient (Wildman–Crippen LogP) is 0.716. The molecule has 3 N–H and O–H groups in total. The van der Waals surface area contributed by atoms with Crippen LogP contribution in [0.25, 0.3) is 0 Å². The maximum absolute atomic E-state index is 9.97. The molecule has 0 aliphatic carbocycles. The monoisotopic (exact) mass is 275 g/mol. The van der Waals surface area contributed by atoms with Gasteiger partial charge in [-0.15, -0.1) is 0 Å². The maximum Gasteiger partial charge on any atom is 0.110 e. The summed E-state index contributed by atoms with van der Waals surface area (Å²) in [6, 6.07) is -0.212. The average molecular weight is 275 g/mol. The van der Waals surface area contributed by atoms with Crippen LogP contribution in [0.1, 0.15) is 46.5 Å². The molecule has 0 bridgehead atoms. The van der Waals surface area contributed by atoms with Gasteiger partial charge in [0.15, 0.2) is 0 Å². The lowest BCUT2D eigenvalue weighted by Gasteiger charge is -2.45. The molecular weight excluding hydrogens is 246 g/mol. The number of ether oxygens (including phenoxy) is 1. The molecule has 19 heavy (non-hydrogen) atoms. The van der Waals surface area contributed by atoms with Gasteiger partial charge in [-0.05, 0) is 26.7 Å². The fraction of sp³-hybridized carbons (Fsp3) is 1.00. The molecule has 5 atom stereocenters. The average Bonchev–Trinajstić information content (AvgIpc) is 2.40. The zero-order valence-electron chi connectivity index (χ0n) is 12.3. The van der Waals surface area contributed by atoms with Crippen molar-refractivity contribution in [2.45, 2.75) is 77.0 Å². The van der Waals surface area contributed by atoms with E-state index in [1.807, 2.05) is 18.7 Å². The van der Waals surface area contributed by atoms with Gasteiger partial charge in [0.25, 0.3) is 0 Å². The molecule has 0 aromatic rings. The Bertz CT molecular complexity index is 252. The smallest absolute Gasteiger partial charge is 0.110 e. The van der Waals surface area contributed by atoms with Crippen LogP contribution in [0.4, 0.5) is 0 Å². The van der Waals surface area contributed by atoms with E-state index in [9.17, 15) is 15.3 Å². The van der Waals surface area contributed by atoms with Gasteiger partial charge in [-0.1, -0.05) is 19.8 Å². The van der Waals surface area contributed by atoms with Gasteiger partial charge >= 0.3 is 0 Å². The lowest BCUT2D eigenvalue weighted by molar-refractivity contribution is -0.181. The maximum atomic E-state index is 9.97. The first-order valence-electron chi connectivity index (χ1n) is 7.44. The minimum absolute atomic E-state index is 0.0941. The number of unbranched alkanes of at least 4 members (excludes halogenated alkanes) is 2. The number of hydrogen-bond donors (Lipinski definition) is 3. The third-order valence-electron chi connectivity index (χ3n) is 3.94. The highest BCUT2D eigenvalue weighted by Gasteiger charge is 2.41.